The topological polar surface area (TPSA) is 64.6 Å². The Morgan fingerprint density at radius 1 is 1.14 bits per heavy atom. The van der Waals surface area contributed by atoms with E-state index in [0.717, 1.165) is 22.4 Å². The minimum Gasteiger partial charge on any atom is -0.491 e. The van der Waals surface area contributed by atoms with Gasteiger partial charge >= 0.3 is 0 Å². The first-order chi connectivity index (χ1) is 13.7. The minimum atomic E-state index is -0.0683. The van der Waals surface area contributed by atoms with Gasteiger partial charge in [-0.05, 0) is 36.8 Å². The van der Waals surface area contributed by atoms with Gasteiger partial charge in [-0.15, -0.1) is 0 Å². The largest absolute Gasteiger partial charge is 0.491 e. The molecule has 1 aliphatic heterocycles. The van der Waals surface area contributed by atoms with E-state index < -0.39 is 0 Å². The molecular weight excluding hydrogens is 354 g/mol. The predicted octanol–water partition coefficient (Wildman–Crippen LogP) is 3.33. The molecule has 1 aromatic heterocycles. The van der Waals surface area contributed by atoms with Crippen LogP contribution in [0.3, 0.4) is 0 Å². The van der Waals surface area contributed by atoms with Crippen LogP contribution >= 0.6 is 0 Å². The number of benzene rings is 2. The van der Waals surface area contributed by atoms with Gasteiger partial charge in [-0.25, -0.2) is 9.97 Å². The van der Waals surface area contributed by atoms with Crippen molar-refractivity contribution in [2.75, 3.05) is 13.2 Å². The Morgan fingerprint density at radius 2 is 1.93 bits per heavy atom. The summed E-state index contributed by atoms with van der Waals surface area (Å²) in [5.74, 6) is 1.41. The summed E-state index contributed by atoms with van der Waals surface area (Å²) in [6.45, 7) is 2.89. The van der Waals surface area contributed by atoms with Crippen molar-refractivity contribution in [1.82, 2.24) is 14.9 Å². The summed E-state index contributed by atoms with van der Waals surface area (Å²) in [6, 6.07) is 15.3. The number of hydrogen-bond donors (Lipinski definition) is 0. The SMILES string of the molecule is C[C@H]1COc2ccc(-c3cncnc3)cc2CN1C(=O)COc1ccccc1. The summed E-state index contributed by atoms with van der Waals surface area (Å²) in [7, 11) is 0. The lowest BCUT2D eigenvalue weighted by Gasteiger charge is -2.26. The first-order valence-electron chi connectivity index (χ1n) is 9.19. The van der Waals surface area contributed by atoms with Crippen molar-refractivity contribution in [3.05, 3.63) is 72.8 Å². The number of carbonyl (C=O) groups is 1. The minimum absolute atomic E-state index is 0.00406. The number of hydrogen-bond acceptors (Lipinski definition) is 5. The lowest BCUT2D eigenvalue weighted by molar-refractivity contribution is -0.136. The Kier molecular flexibility index (Phi) is 5.19. The van der Waals surface area contributed by atoms with Crippen LogP contribution in [0.5, 0.6) is 11.5 Å². The summed E-state index contributed by atoms with van der Waals surface area (Å²) in [6.07, 6.45) is 5.04. The third kappa shape index (κ3) is 3.96. The van der Waals surface area contributed by atoms with Gasteiger partial charge in [0.15, 0.2) is 6.61 Å². The van der Waals surface area contributed by atoms with Crippen molar-refractivity contribution < 1.29 is 14.3 Å². The molecule has 1 aliphatic rings. The highest BCUT2D eigenvalue weighted by molar-refractivity contribution is 5.78. The molecule has 4 rings (SSSR count). The second-order valence-corrected chi connectivity index (χ2v) is 6.73. The second-order valence-electron chi connectivity index (χ2n) is 6.73. The number of fused-ring (bicyclic) bond motifs is 1. The highest BCUT2D eigenvalue weighted by atomic mass is 16.5. The number of carbonyl (C=O) groups excluding carboxylic acids is 1. The maximum Gasteiger partial charge on any atom is 0.261 e. The summed E-state index contributed by atoms with van der Waals surface area (Å²) in [4.78, 5) is 22.8. The fourth-order valence-corrected chi connectivity index (χ4v) is 3.19. The van der Waals surface area contributed by atoms with Crippen LogP contribution in [-0.4, -0.2) is 40.0 Å². The van der Waals surface area contributed by atoms with E-state index in [1.54, 1.807) is 17.3 Å². The molecule has 3 aromatic rings. The van der Waals surface area contributed by atoms with E-state index >= 15 is 0 Å². The zero-order valence-electron chi connectivity index (χ0n) is 15.6. The summed E-state index contributed by atoms with van der Waals surface area (Å²) in [5.41, 5.74) is 2.87. The number of amides is 1. The third-order valence-electron chi connectivity index (χ3n) is 4.73. The zero-order chi connectivity index (χ0) is 19.3. The van der Waals surface area contributed by atoms with Gasteiger partial charge in [-0.3, -0.25) is 4.79 Å². The molecule has 0 bridgehead atoms. The molecule has 6 nitrogen and oxygen atoms in total. The first-order valence-corrected chi connectivity index (χ1v) is 9.19. The Morgan fingerprint density at radius 3 is 2.71 bits per heavy atom. The van der Waals surface area contributed by atoms with E-state index in [9.17, 15) is 4.79 Å². The van der Waals surface area contributed by atoms with E-state index in [0.29, 0.717) is 18.9 Å². The van der Waals surface area contributed by atoms with Crippen LogP contribution in [-0.2, 0) is 11.3 Å². The summed E-state index contributed by atoms with van der Waals surface area (Å²) >= 11 is 0. The number of nitrogens with zero attached hydrogens (tertiary/aromatic N) is 3. The van der Waals surface area contributed by atoms with Crippen LogP contribution in [0.2, 0.25) is 0 Å². The summed E-state index contributed by atoms with van der Waals surface area (Å²) in [5, 5.41) is 0. The molecule has 2 heterocycles. The molecule has 142 valence electrons. The molecule has 0 saturated heterocycles. The van der Waals surface area contributed by atoms with Gasteiger partial charge in [-0.1, -0.05) is 24.3 Å². The molecule has 0 spiro atoms. The average Bonchev–Trinajstić information content (AvgIpc) is 2.92. The van der Waals surface area contributed by atoms with Crippen molar-refractivity contribution in [2.45, 2.75) is 19.5 Å². The molecule has 0 N–H and O–H groups in total. The lowest BCUT2D eigenvalue weighted by atomic mass is 10.0. The fraction of sp³-hybridized carbons (Fsp3) is 0.227. The van der Waals surface area contributed by atoms with Gasteiger partial charge in [0.2, 0.25) is 0 Å². The maximum atomic E-state index is 12.8. The smallest absolute Gasteiger partial charge is 0.261 e. The van der Waals surface area contributed by atoms with E-state index in [1.165, 1.54) is 6.33 Å². The zero-order valence-corrected chi connectivity index (χ0v) is 15.6. The quantitative estimate of drug-likeness (QED) is 0.700. The van der Waals surface area contributed by atoms with Gasteiger partial charge in [0, 0.05) is 30.1 Å². The molecule has 2 aromatic carbocycles. The normalized spacial score (nSPS) is 15.9. The van der Waals surface area contributed by atoms with Crippen molar-refractivity contribution >= 4 is 5.91 Å². The van der Waals surface area contributed by atoms with E-state index in [2.05, 4.69) is 9.97 Å². The molecule has 0 saturated carbocycles. The Balaban J connectivity index is 1.53. The van der Waals surface area contributed by atoms with Crippen LogP contribution in [0.4, 0.5) is 0 Å². The molecule has 6 heteroatoms. The van der Waals surface area contributed by atoms with Crippen LogP contribution in [0.1, 0.15) is 12.5 Å². The Hall–Kier alpha value is -3.41. The Bertz CT molecular complexity index is 948. The number of para-hydroxylation sites is 1. The molecule has 1 atom stereocenters. The van der Waals surface area contributed by atoms with E-state index in [1.807, 2.05) is 55.5 Å². The van der Waals surface area contributed by atoms with Crippen molar-refractivity contribution in [3.8, 4) is 22.6 Å². The highest BCUT2D eigenvalue weighted by Crippen LogP contribution is 2.30. The van der Waals surface area contributed by atoms with Crippen molar-refractivity contribution in [2.24, 2.45) is 0 Å². The molecule has 28 heavy (non-hydrogen) atoms. The fourth-order valence-electron chi connectivity index (χ4n) is 3.19. The van der Waals surface area contributed by atoms with Gasteiger partial charge in [-0.2, -0.15) is 0 Å². The van der Waals surface area contributed by atoms with E-state index in [4.69, 9.17) is 9.47 Å². The van der Waals surface area contributed by atoms with Crippen LogP contribution in [0.25, 0.3) is 11.1 Å². The molecular formula is C22H21N3O3. The maximum absolute atomic E-state index is 12.8. The standard InChI is InChI=1S/C22H21N3O3/c1-16-13-28-21-8-7-17(19-10-23-15-24-11-19)9-18(21)12-25(16)22(26)14-27-20-5-3-2-4-6-20/h2-11,15-16H,12-14H2,1H3/t16-/m0/s1. The number of ether oxygens (including phenoxy) is 2. The average molecular weight is 375 g/mol. The van der Waals surface area contributed by atoms with Gasteiger partial charge in [0.25, 0.3) is 5.91 Å². The monoisotopic (exact) mass is 375 g/mol. The highest BCUT2D eigenvalue weighted by Gasteiger charge is 2.26. The van der Waals surface area contributed by atoms with Gasteiger partial charge in [0.1, 0.15) is 24.4 Å². The lowest BCUT2D eigenvalue weighted by Crippen LogP contribution is -2.42. The third-order valence-corrected chi connectivity index (χ3v) is 4.73. The molecule has 0 radical (unpaired) electrons. The molecule has 0 unspecified atom stereocenters. The van der Waals surface area contributed by atoms with E-state index in [-0.39, 0.29) is 18.6 Å². The number of rotatable bonds is 4. The molecule has 1 amide bonds. The van der Waals surface area contributed by atoms with Crippen LogP contribution in [0.15, 0.2) is 67.3 Å². The second kappa shape index (κ2) is 8.08. The van der Waals surface area contributed by atoms with Crippen molar-refractivity contribution in [3.63, 3.8) is 0 Å². The number of aromatic nitrogens is 2. The van der Waals surface area contributed by atoms with Gasteiger partial charge < -0.3 is 14.4 Å². The first kappa shape index (κ1) is 18.0. The van der Waals surface area contributed by atoms with Crippen LogP contribution in [0, 0.1) is 0 Å². The molecule has 0 aliphatic carbocycles. The Labute approximate surface area is 163 Å². The van der Waals surface area contributed by atoms with Crippen LogP contribution < -0.4 is 9.47 Å². The van der Waals surface area contributed by atoms with Crippen molar-refractivity contribution in [1.29, 1.82) is 0 Å². The van der Waals surface area contributed by atoms with Gasteiger partial charge in [0.05, 0.1) is 6.04 Å². The summed E-state index contributed by atoms with van der Waals surface area (Å²) < 4.78 is 11.6. The molecule has 0 fully saturated rings. The predicted molar refractivity (Wildman–Crippen MR) is 105 cm³/mol.